The van der Waals surface area contributed by atoms with Crippen molar-refractivity contribution in [3.63, 3.8) is 0 Å². The highest BCUT2D eigenvalue weighted by Gasteiger charge is 2.30. The van der Waals surface area contributed by atoms with Gasteiger partial charge in [-0.1, -0.05) is 30.3 Å². The van der Waals surface area contributed by atoms with Gasteiger partial charge in [0, 0.05) is 6.54 Å². The Morgan fingerprint density at radius 3 is 2.14 bits per heavy atom. The van der Waals surface area contributed by atoms with Crippen LogP contribution < -0.4 is 0 Å². The third kappa shape index (κ3) is 6.39. The van der Waals surface area contributed by atoms with Crippen molar-refractivity contribution in [2.75, 3.05) is 26.7 Å². The molecule has 0 saturated heterocycles. The van der Waals surface area contributed by atoms with E-state index in [4.69, 9.17) is 5.11 Å². The normalized spacial score (nSPS) is 17.2. The lowest BCUT2D eigenvalue weighted by Crippen LogP contribution is -2.49. The van der Waals surface area contributed by atoms with E-state index in [0.717, 1.165) is 19.4 Å². The second kappa shape index (κ2) is 9.89. The van der Waals surface area contributed by atoms with Crippen molar-refractivity contribution >= 4 is 0 Å². The van der Waals surface area contributed by atoms with Gasteiger partial charge in [-0.2, -0.15) is 0 Å². The molecule has 0 aliphatic carbocycles. The summed E-state index contributed by atoms with van der Waals surface area (Å²) in [6, 6.07) is 10.1. The molecule has 0 aliphatic rings. The average molecular weight is 313 g/mol. The lowest BCUT2D eigenvalue weighted by molar-refractivity contribution is -0.118. The lowest BCUT2D eigenvalue weighted by atomic mass is 10.0. The predicted octanol–water partition coefficient (Wildman–Crippen LogP) is -1.01. The van der Waals surface area contributed by atoms with Gasteiger partial charge in [-0.25, -0.2) is 0 Å². The van der Waals surface area contributed by atoms with Crippen LogP contribution in [0.3, 0.4) is 0 Å². The Kier molecular flexibility index (Phi) is 8.55. The molecule has 0 aromatic heterocycles. The van der Waals surface area contributed by atoms with E-state index in [-0.39, 0.29) is 6.54 Å². The van der Waals surface area contributed by atoms with Gasteiger partial charge < -0.3 is 30.4 Å². The number of likely N-dealkylation sites (N-methyl/N-ethyl adjacent to an activating group) is 1. The second-order valence-electron chi connectivity index (χ2n) is 5.65. The summed E-state index contributed by atoms with van der Waals surface area (Å²) in [5.74, 6) is 0. The first-order valence-electron chi connectivity index (χ1n) is 7.51. The maximum Gasteiger partial charge on any atom is 0.111 e. The summed E-state index contributed by atoms with van der Waals surface area (Å²) in [6.07, 6.45) is -3.90. The summed E-state index contributed by atoms with van der Waals surface area (Å²) in [4.78, 5) is 1.86. The van der Waals surface area contributed by atoms with Crippen molar-refractivity contribution in [3.05, 3.63) is 35.9 Å². The van der Waals surface area contributed by atoms with Crippen LogP contribution >= 0.6 is 0 Å². The van der Waals surface area contributed by atoms with Gasteiger partial charge in [0.05, 0.1) is 12.7 Å². The zero-order valence-corrected chi connectivity index (χ0v) is 12.9. The van der Waals surface area contributed by atoms with E-state index in [1.165, 1.54) is 5.56 Å². The van der Waals surface area contributed by atoms with Gasteiger partial charge in [-0.3, -0.25) is 0 Å². The standard InChI is InChI=1S/C16H27NO5/c1-17(9-5-8-12-6-3-2-4-7-12)10-13(19)15(21)16(22)14(20)11-18/h2-4,6-7,13-16,18-22H,5,8-11H2,1H3/t13-,14+,15+,16+/m0/s1. The van der Waals surface area contributed by atoms with Gasteiger partial charge in [0.1, 0.15) is 18.3 Å². The average Bonchev–Trinajstić information content (AvgIpc) is 2.53. The smallest absolute Gasteiger partial charge is 0.111 e. The number of hydrogen-bond acceptors (Lipinski definition) is 6. The molecule has 126 valence electrons. The Bertz CT molecular complexity index is 403. The zero-order chi connectivity index (χ0) is 16.5. The monoisotopic (exact) mass is 313 g/mol. The quantitative estimate of drug-likeness (QED) is 0.379. The molecule has 1 aromatic carbocycles. The number of aryl methyl sites for hydroxylation is 1. The van der Waals surface area contributed by atoms with Crippen LogP contribution in [0.15, 0.2) is 30.3 Å². The SMILES string of the molecule is CN(CCCc1ccccc1)C[C@H](O)[C@@H](O)[C@H](O)[C@H](O)CO. The molecule has 0 radical (unpaired) electrons. The van der Waals surface area contributed by atoms with Gasteiger partial charge in [-0.05, 0) is 32.0 Å². The molecule has 6 nitrogen and oxygen atoms in total. The third-order valence-corrected chi connectivity index (χ3v) is 3.67. The minimum absolute atomic E-state index is 0.172. The Morgan fingerprint density at radius 2 is 1.55 bits per heavy atom. The highest BCUT2D eigenvalue weighted by molar-refractivity contribution is 5.14. The topological polar surface area (TPSA) is 104 Å². The summed E-state index contributed by atoms with van der Waals surface area (Å²) < 4.78 is 0. The molecule has 1 aromatic rings. The zero-order valence-electron chi connectivity index (χ0n) is 12.9. The van der Waals surface area contributed by atoms with Gasteiger partial charge in [-0.15, -0.1) is 0 Å². The number of rotatable bonds is 10. The number of benzene rings is 1. The summed E-state index contributed by atoms with van der Waals surface area (Å²) in [5.41, 5.74) is 1.25. The van der Waals surface area contributed by atoms with Crippen LogP contribution in [-0.4, -0.2) is 81.6 Å². The van der Waals surface area contributed by atoms with Crippen molar-refractivity contribution in [2.24, 2.45) is 0 Å². The van der Waals surface area contributed by atoms with Gasteiger partial charge in [0.2, 0.25) is 0 Å². The van der Waals surface area contributed by atoms with Crippen molar-refractivity contribution in [2.45, 2.75) is 37.3 Å². The van der Waals surface area contributed by atoms with Gasteiger partial charge in [0.25, 0.3) is 0 Å². The molecule has 22 heavy (non-hydrogen) atoms. The summed E-state index contributed by atoms with van der Waals surface area (Å²) in [5, 5.41) is 47.2. The molecule has 6 heteroatoms. The summed E-state index contributed by atoms with van der Waals surface area (Å²) in [7, 11) is 1.82. The summed E-state index contributed by atoms with van der Waals surface area (Å²) >= 11 is 0. The molecular formula is C16H27NO5. The summed E-state index contributed by atoms with van der Waals surface area (Å²) in [6.45, 7) is 0.236. The van der Waals surface area contributed by atoms with Crippen LogP contribution in [0.4, 0.5) is 0 Å². The maximum absolute atomic E-state index is 9.87. The Labute approximate surface area is 131 Å². The number of aliphatic hydroxyl groups excluding tert-OH is 5. The number of nitrogens with zero attached hydrogens (tertiary/aromatic N) is 1. The molecule has 1 rings (SSSR count). The number of aliphatic hydroxyl groups is 5. The highest BCUT2D eigenvalue weighted by atomic mass is 16.4. The lowest BCUT2D eigenvalue weighted by Gasteiger charge is -2.28. The molecule has 5 N–H and O–H groups in total. The van der Waals surface area contributed by atoms with E-state index >= 15 is 0 Å². The van der Waals surface area contributed by atoms with Crippen LogP contribution in [0.5, 0.6) is 0 Å². The molecule has 0 spiro atoms. The van der Waals surface area contributed by atoms with E-state index in [1.807, 2.05) is 30.1 Å². The largest absolute Gasteiger partial charge is 0.394 e. The first-order chi connectivity index (χ1) is 10.5. The van der Waals surface area contributed by atoms with E-state index in [9.17, 15) is 20.4 Å². The molecule has 0 amide bonds. The fourth-order valence-electron chi connectivity index (χ4n) is 2.28. The van der Waals surface area contributed by atoms with Crippen LogP contribution in [0, 0.1) is 0 Å². The molecule has 0 aliphatic heterocycles. The van der Waals surface area contributed by atoms with E-state index < -0.39 is 31.0 Å². The van der Waals surface area contributed by atoms with Crippen LogP contribution in [-0.2, 0) is 6.42 Å². The number of hydrogen-bond donors (Lipinski definition) is 5. The van der Waals surface area contributed by atoms with Crippen molar-refractivity contribution in [3.8, 4) is 0 Å². The molecule has 0 bridgehead atoms. The van der Waals surface area contributed by atoms with Crippen LogP contribution in [0.1, 0.15) is 12.0 Å². The first-order valence-corrected chi connectivity index (χ1v) is 7.51. The Morgan fingerprint density at radius 1 is 0.955 bits per heavy atom. The van der Waals surface area contributed by atoms with E-state index in [2.05, 4.69) is 12.1 Å². The Hall–Kier alpha value is -1.02. The molecular weight excluding hydrogens is 286 g/mol. The minimum Gasteiger partial charge on any atom is -0.394 e. The molecule has 0 heterocycles. The predicted molar refractivity (Wildman–Crippen MR) is 83.4 cm³/mol. The minimum atomic E-state index is -1.57. The fraction of sp³-hybridized carbons (Fsp3) is 0.625. The van der Waals surface area contributed by atoms with Gasteiger partial charge in [0.15, 0.2) is 0 Å². The second-order valence-corrected chi connectivity index (χ2v) is 5.65. The maximum atomic E-state index is 9.87. The third-order valence-electron chi connectivity index (χ3n) is 3.67. The highest BCUT2D eigenvalue weighted by Crippen LogP contribution is 2.07. The van der Waals surface area contributed by atoms with Crippen LogP contribution in [0.2, 0.25) is 0 Å². The van der Waals surface area contributed by atoms with E-state index in [1.54, 1.807) is 0 Å². The fourth-order valence-corrected chi connectivity index (χ4v) is 2.28. The molecule has 4 atom stereocenters. The van der Waals surface area contributed by atoms with Gasteiger partial charge >= 0.3 is 0 Å². The molecule has 0 fully saturated rings. The van der Waals surface area contributed by atoms with Crippen molar-refractivity contribution in [1.29, 1.82) is 0 Å². The van der Waals surface area contributed by atoms with Crippen LogP contribution in [0.25, 0.3) is 0 Å². The first kappa shape index (κ1) is 19.0. The molecule has 0 saturated carbocycles. The molecule has 0 unspecified atom stereocenters. The van der Waals surface area contributed by atoms with Crippen molar-refractivity contribution < 1.29 is 25.5 Å². The Balaban J connectivity index is 2.30. The van der Waals surface area contributed by atoms with Crippen molar-refractivity contribution in [1.82, 2.24) is 4.90 Å². The van der Waals surface area contributed by atoms with E-state index in [0.29, 0.717) is 0 Å².